The summed E-state index contributed by atoms with van der Waals surface area (Å²) in [7, 11) is 1.70. The summed E-state index contributed by atoms with van der Waals surface area (Å²) in [5.41, 5.74) is 1.60. The molecule has 1 atom stereocenters. The van der Waals surface area contributed by atoms with E-state index >= 15 is 0 Å². The Balaban J connectivity index is 1.39. The summed E-state index contributed by atoms with van der Waals surface area (Å²) in [6, 6.07) is 12.3. The van der Waals surface area contributed by atoms with Gasteiger partial charge in [0.2, 0.25) is 0 Å². The summed E-state index contributed by atoms with van der Waals surface area (Å²) in [5, 5.41) is 1.99. The van der Waals surface area contributed by atoms with E-state index in [1.807, 2.05) is 29.6 Å². The molecule has 1 aromatic carbocycles. The van der Waals surface area contributed by atoms with Crippen molar-refractivity contribution in [3.63, 3.8) is 0 Å². The highest BCUT2D eigenvalue weighted by molar-refractivity contribution is 7.12. The van der Waals surface area contributed by atoms with Crippen molar-refractivity contribution in [1.82, 2.24) is 9.80 Å². The number of carbonyl (C=O) groups is 1. The fourth-order valence-electron chi connectivity index (χ4n) is 4.42. The summed E-state index contributed by atoms with van der Waals surface area (Å²) in [6.45, 7) is 4.99. The third-order valence-corrected chi connectivity index (χ3v) is 6.62. The standard InChI is InChI=1S/C21H26N2O2S/c1-25-18-7-5-17(6-8-18)14-22-12-10-21(15-22)9-3-11-23(16-21)20(24)19-4-2-13-26-19/h2,4-8,13H,3,9-12,14-16H2,1H3/t21-/m1/s1. The molecule has 4 nitrogen and oxygen atoms in total. The first kappa shape index (κ1) is 17.6. The molecular formula is C21H26N2O2S. The summed E-state index contributed by atoms with van der Waals surface area (Å²) in [4.78, 5) is 18.2. The van der Waals surface area contributed by atoms with Crippen molar-refractivity contribution in [2.45, 2.75) is 25.8 Å². The van der Waals surface area contributed by atoms with E-state index in [4.69, 9.17) is 4.74 Å². The molecule has 4 rings (SSSR count). The lowest BCUT2D eigenvalue weighted by Gasteiger charge is -2.40. The highest BCUT2D eigenvalue weighted by Gasteiger charge is 2.42. The summed E-state index contributed by atoms with van der Waals surface area (Å²) in [5.74, 6) is 1.12. The maximum atomic E-state index is 12.7. The first-order chi connectivity index (χ1) is 12.7. The van der Waals surface area contributed by atoms with Crippen molar-refractivity contribution in [3.05, 3.63) is 52.2 Å². The molecule has 0 unspecified atom stereocenters. The van der Waals surface area contributed by atoms with Gasteiger partial charge in [-0.2, -0.15) is 0 Å². The highest BCUT2D eigenvalue weighted by atomic mass is 32.1. The molecule has 2 aliphatic rings. The molecule has 3 heterocycles. The van der Waals surface area contributed by atoms with E-state index < -0.39 is 0 Å². The van der Waals surface area contributed by atoms with Crippen molar-refractivity contribution in [2.24, 2.45) is 5.41 Å². The molecule has 1 spiro atoms. The van der Waals surface area contributed by atoms with Crippen molar-refractivity contribution >= 4 is 17.2 Å². The number of thiophene rings is 1. The van der Waals surface area contributed by atoms with Crippen LogP contribution in [0.5, 0.6) is 5.75 Å². The van der Waals surface area contributed by atoms with Crippen LogP contribution >= 0.6 is 11.3 Å². The Morgan fingerprint density at radius 1 is 1.15 bits per heavy atom. The fourth-order valence-corrected chi connectivity index (χ4v) is 5.11. The van der Waals surface area contributed by atoms with Gasteiger partial charge in [0.1, 0.15) is 5.75 Å². The summed E-state index contributed by atoms with van der Waals surface area (Å²) >= 11 is 1.55. The lowest BCUT2D eigenvalue weighted by Crippen LogP contribution is -2.47. The molecule has 2 aliphatic heterocycles. The average molecular weight is 371 g/mol. The number of nitrogens with zero attached hydrogens (tertiary/aromatic N) is 2. The van der Waals surface area contributed by atoms with E-state index in [1.54, 1.807) is 18.4 Å². The zero-order valence-electron chi connectivity index (χ0n) is 15.3. The number of rotatable bonds is 4. The van der Waals surface area contributed by atoms with Crippen LogP contribution in [0.15, 0.2) is 41.8 Å². The van der Waals surface area contributed by atoms with E-state index in [1.165, 1.54) is 18.4 Å². The summed E-state index contributed by atoms with van der Waals surface area (Å²) in [6.07, 6.45) is 3.55. The SMILES string of the molecule is COc1ccc(CN2CC[C@]3(CCCN(C(=O)c4cccs4)C3)C2)cc1. The van der Waals surface area contributed by atoms with Gasteiger partial charge < -0.3 is 9.64 Å². The van der Waals surface area contributed by atoms with Crippen LogP contribution in [0.25, 0.3) is 0 Å². The van der Waals surface area contributed by atoms with Gasteiger partial charge in [0.25, 0.3) is 5.91 Å². The van der Waals surface area contributed by atoms with Crippen molar-refractivity contribution in [1.29, 1.82) is 0 Å². The van der Waals surface area contributed by atoms with Crippen LogP contribution in [0.1, 0.15) is 34.5 Å². The van der Waals surface area contributed by atoms with Crippen LogP contribution in [0.3, 0.4) is 0 Å². The molecule has 1 amide bonds. The average Bonchev–Trinajstić information content (AvgIpc) is 3.33. The first-order valence-corrected chi connectivity index (χ1v) is 10.2. The number of amides is 1. The highest BCUT2D eigenvalue weighted by Crippen LogP contribution is 2.40. The Kier molecular flexibility index (Phi) is 5.00. The predicted octanol–water partition coefficient (Wildman–Crippen LogP) is 3.89. The third kappa shape index (κ3) is 3.64. The van der Waals surface area contributed by atoms with Gasteiger partial charge >= 0.3 is 0 Å². The van der Waals surface area contributed by atoms with Crippen LogP contribution in [0.4, 0.5) is 0 Å². The molecule has 0 saturated carbocycles. The minimum atomic E-state index is 0.215. The second kappa shape index (κ2) is 7.41. The Bertz CT molecular complexity index is 744. The van der Waals surface area contributed by atoms with Crippen LogP contribution < -0.4 is 4.74 Å². The van der Waals surface area contributed by atoms with Crippen LogP contribution in [0, 0.1) is 5.41 Å². The Hall–Kier alpha value is -1.85. The zero-order valence-corrected chi connectivity index (χ0v) is 16.1. The smallest absolute Gasteiger partial charge is 0.263 e. The molecule has 26 heavy (non-hydrogen) atoms. The van der Waals surface area contributed by atoms with Crippen LogP contribution in [-0.4, -0.2) is 49.0 Å². The van der Waals surface area contributed by atoms with Gasteiger partial charge in [-0.1, -0.05) is 18.2 Å². The normalized spacial score (nSPS) is 23.5. The molecule has 2 fully saturated rings. The molecular weight excluding hydrogens is 344 g/mol. The molecule has 0 N–H and O–H groups in total. The number of hydrogen-bond donors (Lipinski definition) is 0. The predicted molar refractivity (Wildman–Crippen MR) is 105 cm³/mol. The molecule has 1 aromatic heterocycles. The fraction of sp³-hybridized carbons (Fsp3) is 0.476. The maximum Gasteiger partial charge on any atom is 0.263 e. The van der Waals surface area contributed by atoms with Gasteiger partial charge in [-0.15, -0.1) is 11.3 Å². The summed E-state index contributed by atoms with van der Waals surface area (Å²) < 4.78 is 5.24. The quantitative estimate of drug-likeness (QED) is 0.819. The van der Waals surface area contributed by atoms with Crippen LogP contribution in [-0.2, 0) is 6.54 Å². The number of benzene rings is 1. The van der Waals surface area contributed by atoms with Gasteiger partial charge in [-0.3, -0.25) is 9.69 Å². The Morgan fingerprint density at radius 3 is 2.73 bits per heavy atom. The largest absolute Gasteiger partial charge is 0.497 e. The number of hydrogen-bond acceptors (Lipinski definition) is 4. The second-order valence-electron chi connectivity index (χ2n) is 7.62. The zero-order chi connectivity index (χ0) is 18.0. The van der Waals surface area contributed by atoms with Crippen LogP contribution in [0.2, 0.25) is 0 Å². The molecule has 2 aromatic rings. The van der Waals surface area contributed by atoms with Gasteiger partial charge in [-0.05, 0) is 54.9 Å². The number of carbonyl (C=O) groups excluding carboxylic acids is 1. The van der Waals surface area contributed by atoms with Gasteiger partial charge in [-0.25, -0.2) is 0 Å². The molecule has 138 valence electrons. The third-order valence-electron chi connectivity index (χ3n) is 5.76. The molecule has 0 aliphatic carbocycles. The van der Waals surface area contributed by atoms with Crippen molar-refractivity contribution in [2.75, 3.05) is 33.3 Å². The van der Waals surface area contributed by atoms with Crippen molar-refractivity contribution in [3.8, 4) is 5.75 Å². The number of methoxy groups -OCH3 is 1. The minimum Gasteiger partial charge on any atom is -0.497 e. The number of likely N-dealkylation sites (tertiary alicyclic amines) is 2. The monoisotopic (exact) mass is 370 g/mol. The van der Waals surface area contributed by atoms with E-state index in [-0.39, 0.29) is 11.3 Å². The van der Waals surface area contributed by atoms with Gasteiger partial charge in [0.15, 0.2) is 0 Å². The van der Waals surface area contributed by atoms with E-state index in [0.717, 1.165) is 49.8 Å². The molecule has 5 heteroatoms. The lowest BCUT2D eigenvalue weighted by molar-refractivity contribution is 0.0531. The Morgan fingerprint density at radius 2 is 2.00 bits per heavy atom. The van der Waals surface area contributed by atoms with E-state index in [0.29, 0.717) is 0 Å². The molecule has 0 radical (unpaired) electrons. The van der Waals surface area contributed by atoms with Gasteiger partial charge in [0.05, 0.1) is 12.0 Å². The first-order valence-electron chi connectivity index (χ1n) is 9.36. The van der Waals surface area contributed by atoms with Gasteiger partial charge in [0, 0.05) is 31.6 Å². The topological polar surface area (TPSA) is 32.8 Å². The van der Waals surface area contributed by atoms with E-state index in [2.05, 4.69) is 21.9 Å². The second-order valence-corrected chi connectivity index (χ2v) is 8.56. The molecule has 2 saturated heterocycles. The lowest BCUT2D eigenvalue weighted by atomic mass is 9.79. The number of ether oxygens (including phenoxy) is 1. The minimum absolute atomic E-state index is 0.215. The van der Waals surface area contributed by atoms with E-state index in [9.17, 15) is 4.79 Å². The number of piperidine rings is 1. The maximum absolute atomic E-state index is 12.7. The Labute approximate surface area is 159 Å². The molecule has 0 bridgehead atoms. The van der Waals surface area contributed by atoms with Crippen molar-refractivity contribution < 1.29 is 9.53 Å².